The zero-order valence-corrected chi connectivity index (χ0v) is 22.0. The molecular weight excluding hydrogens is 400 g/mol. The molecule has 0 spiro atoms. The number of hydrogen-bond donors (Lipinski definition) is 2. The van der Waals surface area contributed by atoms with E-state index >= 15 is 0 Å². The Morgan fingerprint density at radius 2 is 0.909 bits per heavy atom. The average Bonchev–Trinajstić information content (AvgIpc) is 2.73. The van der Waals surface area contributed by atoms with Crippen molar-refractivity contribution in [3.63, 3.8) is 0 Å². The zero-order valence-electron chi connectivity index (χ0n) is 22.0. The van der Waals surface area contributed by atoms with Gasteiger partial charge in [0.15, 0.2) is 0 Å². The first-order chi connectivity index (χ1) is 15.4. The highest BCUT2D eigenvalue weighted by atomic mass is 14.6. The molecule has 3 aromatic rings. The van der Waals surface area contributed by atoms with Crippen LogP contribution in [0.15, 0.2) is 42.5 Å². The highest BCUT2D eigenvalue weighted by molar-refractivity contribution is 5.88. The van der Waals surface area contributed by atoms with Gasteiger partial charge in [0.05, 0.1) is 0 Å². The molecule has 0 unspecified atom stereocenters. The quantitative estimate of drug-likeness (QED) is 0.374. The Balaban J connectivity index is 2.37. The third kappa shape index (κ3) is 4.81. The molecule has 0 atom stereocenters. The summed E-state index contributed by atoms with van der Waals surface area (Å²) in [6.45, 7) is 20.0. The molecule has 0 fully saturated rings. The Kier molecular flexibility index (Phi) is 7.26. The molecule has 33 heavy (non-hydrogen) atoms. The van der Waals surface area contributed by atoms with Crippen molar-refractivity contribution < 1.29 is 0 Å². The van der Waals surface area contributed by atoms with Crippen molar-refractivity contribution in [3.8, 4) is 22.3 Å². The third-order valence-corrected chi connectivity index (χ3v) is 6.85. The number of aryl methyl sites for hydroxylation is 1. The van der Waals surface area contributed by atoms with E-state index in [1.807, 2.05) is 0 Å². The van der Waals surface area contributed by atoms with Crippen LogP contribution in [0.4, 0.5) is 11.4 Å². The Morgan fingerprint density at radius 1 is 0.545 bits per heavy atom. The number of hydrogen-bond acceptors (Lipinski definition) is 2. The van der Waals surface area contributed by atoms with E-state index in [1.54, 1.807) is 0 Å². The van der Waals surface area contributed by atoms with E-state index in [9.17, 15) is 0 Å². The first-order valence-electron chi connectivity index (χ1n) is 12.4. The lowest BCUT2D eigenvalue weighted by atomic mass is 9.83. The minimum atomic E-state index is 0.367. The predicted octanol–water partition coefficient (Wildman–Crippen LogP) is 8.99. The van der Waals surface area contributed by atoms with Gasteiger partial charge in [0, 0.05) is 11.4 Å². The SMILES string of the molecule is Cc1cccc(-c2cc(C(C)C)c(N)c(C(C)C)c2)c1-c1cc(C(C)C)c(N)c(C(C)C)c1. The van der Waals surface area contributed by atoms with Gasteiger partial charge >= 0.3 is 0 Å². The van der Waals surface area contributed by atoms with Crippen LogP contribution in [0.1, 0.15) is 107 Å². The molecule has 0 aliphatic rings. The lowest BCUT2D eigenvalue weighted by Crippen LogP contribution is -2.05. The van der Waals surface area contributed by atoms with Crippen molar-refractivity contribution in [2.45, 2.75) is 86.0 Å². The summed E-state index contributed by atoms with van der Waals surface area (Å²) in [6.07, 6.45) is 0. The Morgan fingerprint density at radius 3 is 1.27 bits per heavy atom. The molecular formula is C31H42N2. The molecule has 0 aromatic heterocycles. The summed E-state index contributed by atoms with van der Waals surface area (Å²) in [5.74, 6) is 1.47. The van der Waals surface area contributed by atoms with Crippen molar-refractivity contribution in [1.82, 2.24) is 0 Å². The number of nitrogens with two attached hydrogens (primary N) is 2. The lowest BCUT2D eigenvalue weighted by molar-refractivity contribution is 0.840. The summed E-state index contributed by atoms with van der Waals surface area (Å²) < 4.78 is 0. The summed E-state index contributed by atoms with van der Waals surface area (Å²) in [5.41, 5.74) is 26.4. The lowest BCUT2D eigenvalue weighted by Gasteiger charge is -2.23. The van der Waals surface area contributed by atoms with Crippen LogP contribution in [0.2, 0.25) is 0 Å². The second kappa shape index (κ2) is 9.63. The Bertz CT molecular complexity index is 1090. The highest BCUT2D eigenvalue weighted by Crippen LogP contribution is 2.42. The first-order valence-corrected chi connectivity index (χ1v) is 12.4. The van der Waals surface area contributed by atoms with Crippen LogP contribution in [0.5, 0.6) is 0 Å². The Hall–Kier alpha value is -2.74. The maximum Gasteiger partial charge on any atom is 0.0384 e. The molecule has 4 N–H and O–H groups in total. The van der Waals surface area contributed by atoms with E-state index in [2.05, 4.69) is 105 Å². The second-order valence-corrected chi connectivity index (χ2v) is 10.8. The van der Waals surface area contributed by atoms with Gasteiger partial charge in [-0.05, 0) is 105 Å². The van der Waals surface area contributed by atoms with Crippen LogP contribution in [-0.4, -0.2) is 0 Å². The zero-order chi connectivity index (χ0) is 24.6. The van der Waals surface area contributed by atoms with Gasteiger partial charge in [-0.1, -0.05) is 73.6 Å². The van der Waals surface area contributed by atoms with Crippen molar-refractivity contribution in [2.24, 2.45) is 0 Å². The fraction of sp³-hybridized carbons (Fsp3) is 0.419. The van der Waals surface area contributed by atoms with E-state index in [-0.39, 0.29) is 0 Å². The van der Waals surface area contributed by atoms with E-state index < -0.39 is 0 Å². The summed E-state index contributed by atoms with van der Waals surface area (Å²) in [6, 6.07) is 15.8. The molecule has 0 aliphatic carbocycles. The molecule has 176 valence electrons. The standard InChI is InChI=1S/C31H42N2/c1-17(2)25-13-22(14-26(18(3)4)30(25)32)24-12-10-11-21(9)29(24)23-15-27(19(5)6)31(33)28(16-23)20(7)8/h10-20H,32-33H2,1-9H3. The molecule has 0 aliphatic heterocycles. The first kappa shape index (κ1) is 24.9. The second-order valence-electron chi connectivity index (χ2n) is 10.8. The van der Waals surface area contributed by atoms with Crippen molar-refractivity contribution in [2.75, 3.05) is 11.5 Å². The maximum absolute atomic E-state index is 6.63. The maximum atomic E-state index is 6.63. The van der Waals surface area contributed by atoms with E-state index in [0.717, 1.165) is 11.4 Å². The van der Waals surface area contributed by atoms with Crippen LogP contribution >= 0.6 is 0 Å². The molecule has 3 aromatic carbocycles. The molecule has 0 bridgehead atoms. The van der Waals surface area contributed by atoms with Crippen LogP contribution in [0, 0.1) is 6.92 Å². The minimum Gasteiger partial charge on any atom is -0.398 e. The summed E-state index contributed by atoms with van der Waals surface area (Å²) in [7, 11) is 0. The fourth-order valence-corrected chi connectivity index (χ4v) is 4.90. The smallest absolute Gasteiger partial charge is 0.0384 e. The molecule has 3 rings (SSSR count). The monoisotopic (exact) mass is 442 g/mol. The third-order valence-electron chi connectivity index (χ3n) is 6.85. The Labute approximate surface area is 201 Å². The number of nitrogen functional groups attached to an aromatic ring is 2. The van der Waals surface area contributed by atoms with E-state index in [1.165, 1.54) is 50.1 Å². The molecule has 2 heteroatoms. The van der Waals surface area contributed by atoms with Gasteiger partial charge in [0.1, 0.15) is 0 Å². The number of anilines is 2. The molecule has 2 nitrogen and oxygen atoms in total. The minimum absolute atomic E-state index is 0.367. The topological polar surface area (TPSA) is 52.0 Å². The van der Waals surface area contributed by atoms with Gasteiger partial charge in [-0.25, -0.2) is 0 Å². The summed E-state index contributed by atoms with van der Waals surface area (Å²) in [4.78, 5) is 0. The van der Waals surface area contributed by atoms with Gasteiger partial charge in [0.2, 0.25) is 0 Å². The van der Waals surface area contributed by atoms with E-state index in [0.29, 0.717) is 23.7 Å². The average molecular weight is 443 g/mol. The fourth-order valence-electron chi connectivity index (χ4n) is 4.90. The molecule has 0 saturated carbocycles. The summed E-state index contributed by atoms with van der Waals surface area (Å²) >= 11 is 0. The predicted molar refractivity (Wildman–Crippen MR) is 147 cm³/mol. The van der Waals surface area contributed by atoms with Crippen LogP contribution in [0.3, 0.4) is 0 Å². The van der Waals surface area contributed by atoms with E-state index in [4.69, 9.17) is 11.5 Å². The molecule has 0 amide bonds. The van der Waals surface area contributed by atoms with Crippen molar-refractivity contribution >= 4 is 11.4 Å². The van der Waals surface area contributed by atoms with Gasteiger partial charge in [-0.2, -0.15) is 0 Å². The molecule has 0 saturated heterocycles. The van der Waals surface area contributed by atoms with Crippen LogP contribution in [-0.2, 0) is 0 Å². The normalized spacial score (nSPS) is 11.9. The van der Waals surface area contributed by atoms with Gasteiger partial charge in [-0.15, -0.1) is 0 Å². The van der Waals surface area contributed by atoms with Crippen LogP contribution < -0.4 is 11.5 Å². The van der Waals surface area contributed by atoms with Gasteiger partial charge < -0.3 is 11.5 Å². The largest absolute Gasteiger partial charge is 0.398 e. The van der Waals surface area contributed by atoms with Crippen molar-refractivity contribution in [3.05, 3.63) is 70.3 Å². The van der Waals surface area contributed by atoms with Crippen molar-refractivity contribution in [1.29, 1.82) is 0 Å². The van der Waals surface area contributed by atoms with Gasteiger partial charge in [0.25, 0.3) is 0 Å². The van der Waals surface area contributed by atoms with Crippen LogP contribution in [0.25, 0.3) is 22.3 Å². The number of rotatable bonds is 6. The highest BCUT2D eigenvalue weighted by Gasteiger charge is 2.20. The molecule has 0 heterocycles. The number of benzene rings is 3. The van der Waals surface area contributed by atoms with Gasteiger partial charge in [-0.3, -0.25) is 0 Å². The summed E-state index contributed by atoms with van der Waals surface area (Å²) in [5, 5.41) is 0. The molecule has 0 radical (unpaired) electrons.